The molecule has 0 unspecified atom stereocenters. The molecule has 0 aromatic heterocycles. The minimum absolute atomic E-state index is 0.205. The van der Waals surface area contributed by atoms with Gasteiger partial charge in [0.15, 0.2) is 0 Å². The van der Waals surface area contributed by atoms with E-state index in [4.69, 9.17) is 13.9 Å². The maximum absolute atomic E-state index is 13.3. The Morgan fingerprint density at radius 2 is 1.63 bits per heavy atom. The summed E-state index contributed by atoms with van der Waals surface area (Å²) < 4.78 is 17.2. The number of hydrogen-bond acceptors (Lipinski definition) is 7. The number of methoxy groups -OCH3 is 1. The van der Waals surface area contributed by atoms with Crippen molar-refractivity contribution in [3.05, 3.63) is 120 Å². The quantitative estimate of drug-likeness (QED) is 0.0933. The zero-order valence-corrected chi connectivity index (χ0v) is 28.8. The summed E-state index contributed by atoms with van der Waals surface area (Å²) in [7, 11) is -1.46. The Labute approximate surface area is 274 Å². The van der Waals surface area contributed by atoms with Gasteiger partial charge in [0.25, 0.3) is 8.32 Å². The Balaban J connectivity index is 1.68. The number of rotatable bonds is 14. The first kappa shape index (κ1) is 36.3. The van der Waals surface area contributed by atoms with Crippen molar-refractivity contribution < 1.29 is 28.6 Å². The van der Waals surface area contributed by atoms with Crippen molar-refractivity contribution in [3.63, 3.8) is 0 Å². The van der Waals surface area contributed by atoms with E-state index in [1.807, 2.05) is 55.5 Å². The monoisotopic (exact) mass is 639 g/mol. The molecule has 1 N–H and O–H groups in total. The highest BCUT2D eigenvalue weighted by Gasteiger charge is 2.66. The molecule has 46 heavy (non-hydrogen) atoms. The van der Waals surface area contributed by atoms with Crippen LogP contribution in [-0.4, -0.2) is 56.7 Å². The van der Waals surface area contributed by atoms with Gasteiger partial charge in [-0.25, -0.2) is 4.79 Å². The van der Waals surface area contributed by atoms with Crippen LogP contribution >= 0.6 is 0 Å². The summed E-state index contributed by atoms with van der Waals surface area (Å²) in [5.74, 6) is -0.890. The van der Waals surface area contributed by atoms with Crippen LogP contribution in [0.15, 0.2) is 120 Å². The highest BCUT2D eigenvalue weighted by atomic mass is 28.4. The Hall–Kier alpha value is -4.13. The van der Waals surface area contributed by atoms with Gasteiger partial charge in [-0.3, -0.25) is 4.79 Å². The molecule has 242 valence electrons. The van der Waals surface area contributed by atoms with Gasteiger partial charge in [-0.05, 0) is 54.3 Å². The maximum atomic E-state index is 13.3. The van der Waals surface area contributed by atoms with Gasteiger partial charge in [0.1, 0.15) is 12.2 Å². The second-order valence-corrected chi connectivity index (χ2v) is 16.6. The Morgan fingerprint density at radius 1 is 1.04 bits per heavy atom. The van der Waals surface area contributed by atoms with Crippen LogP contribution in [0.4, 0.5) is 0 Å². The second kappa shape index (κ2) is 15.9. The van der Waals surface area contributed by atoms with Crippen LogP contribution in [-0.2, 0) is 23.5 Å². The summed E-state index contributed by atoms with van der Waals surface area (Å²) in [5.41, 5.74) is -0.103. The maximum Gasteiger partial charge on any atom is 0.337 e. The molecule has 1 saturated heterocycles. The number of ether oxygens (including phenoxy) is 2. The molecule has 0 spiro atoms. The minimum atomic E-state index is -2.79. The minimum Gasteiger partial charge on any atom is -0.465 e. The molecule has 0 radical (unpaired) electrons. The molecule has 1 fully saturated rings. The standard InChI is InChI=1S/C38H45NO6Si/c1-8-30(36(42)43-7)26-28(2)18-12-9-13-19-29(3)34(41)38(27-39)35(45-38)33(40)24-25-44-46(37(4,5)6,31-20-14-10-15-21-31)32-22-16-11-17-23-32/h8-23,26,33,35,40H,24-25H2,1-7H3/b13-9+,18-12+,28-26+,29-19+,30-8+/t33-,35-,38-/m0/s1. The van der Waals surface area contributed by atoms with E-state index >= 15 is 0 Å². The molecule has 1 aliphatic rings. The van der Waals surface area contributed by atoms with Gasteiger partial charge < -0.3 is 19.0 Å². The zero-order valence-electron chi connectivity index (χ0n) is 27.8. The fraction of sp³-hybridized carbons (Fsp3) is 0.342. The predicted octanol–water partition coefficient (Wildman–Crippen LogP) is 5.67. The number of nitriles is 1. The van der Waals surface area contributed by atoms with Crippen molar-refractivity contribution >= 4 is 30.4 Å². The third-order valence-electron chi connectivity index (χ3n) is 8.06. The number of Topliss-reactive ketones (excluding diaryl/α,β-unsaturated/α-hetero) is 1. The van der Waals surface area contributed by atoms with Crippen molar-refractivity contribution in [1.82, 2.24) is 0 Å². The van der Waals surface area contributed by atoms with Gasteiger partial charge in [-0.15, -0.1) is 0 Å². The van der Waals surface area contributed by atoms with Gasteiger partial charge >= 0.3 is 5.97 Å². The lowest BCUT2D eigenvalue weighted by Crippen LogP contribution is -2.66. The number of carbonyl (C=O) groups excluding carboxylic acids is 2. The number of nitrogens with zero attached hydrogens (tertiary/aromatic N) is 1. The van der Waals surface area contributed by atoms with E-state index in [0.717, 1.165) is 15.9 Å². The van der Waals surface area contributed by atoms with E-state index in [1.54, 1.807) is 50.3 Å². The van der Waals surface area contributed by atoms with Crippen LogP contribution in [0.2, 0.25) is 5.04 Å². The lowest BCUT2D eigenvalue weighted by Gasteiger charge is -2.43. The summed E-state index contributed by atoms with van der Waals surface area (Å²) in [6.07, 6.45) is 10.2. The highest BCUT2D eigenvalue weighted by molar-refractivity contribution is 6.99. The fourth-order valence-corrected chi connectivity index (χ4v) is 10.2. The molecule has 2 aromatic carbocycles. The van der Waals surface area contributed by atoms with E-state index in [-0.39, 0.29) is 18.1 Å². The summed E-state index contributed by atoms with van der Waals surface area (Å²) >= 11 is 0. The van der Waals surface area contributed by atoms with Crippen molar-refractivity contribution in [2.24, 2.45) is 0 Å². The first-order valence-electron chi connectivity index (χ1n) is 15.4. The van der Waals surface area contributed by atoms with E-state index in [9.17, 15) is 20.0 Å². The average Bonchev–Trinajstić information content (AvgIpc) is 3.81. The number of epoxide rings is 1. The molecule has 0 amide bonds. The van der Waals surface area contributed by atoms with Crippen molar-refractivity contribution in [3.8, 4) is 6.07 Å². The average molecular weight is 640 g/mol. The SMILES string of the molecule is C\C=C(/C=C(C)/C=C/C=C/C=C(\C)C(=O)[C@]1(C#N)O[C@H]1[C@@H](O)CCO[Si](c1ccccc1)(c1ccccc1)C(C)(C)C)C(=O)OC. The number of carbonyl (C=O) groups is 2. The number of hydrogen-bond donors (Lipinski definition) is 1. The van der Waals surface area contributed by atoms with E-state index in [2.05, 4.69) is 45.0 Å². The van der Waals surface area contributed by atoms with Gasteiger partial charge in [-0.1, -0.05) is 123 Å². The molecule has 7 nitrogen and oxygen atoms in total. The van der Waals surface area contributed by atoms with Crippen LogP contribution in [0, 0.1) is 11.3 Å². The molecule has 2 aromatic rings. The van der Waals surface area contributed by atoms with Crippen molar-refractivity contribution in [1.29, 1.82) is 5.26 Å². The zero-order chi connectivity index (χ0) is 34.0. The number of ketones is 1. The third-order valence-corrected chi connectivity index (χ3v) is 13.1. The summed E-state index contributed by atoms with van der Waals surface area (Å²) in [4.78, 5) is 25.0. The normalized spacial score (nSPS) is 20.1. The Bertz CT molecular complexity index is 1520. The van der Waals surface area contributed by atoms with Crippen LogP contribution in [0.25, 0.3) is 0 Å². The van der Waals surface area contributed by atoms with E-state index in [0.29, 0.717) is 11.1 Å². The van der Waals surface area contributed by atoms with Gasteiger partial charge in [0.05, 0.1) is 18.8 Å². The predicted molar refractivity (Wildman–Crippen MR) is 184 cm³/mol. The molecule has 3 rings (SSSR count). The first-order valence-corrected chi connectivity index (χ1v) is 17.3. The summed E-state index contributed by atoms with van der Waals surface area (Å²) in [5, 5.41) is 23.1. The molecular weight excluding hydrogens is 595 g/mol. The third kappa shape index (κ3) is 8.17. The summed E-state index contributed by atoms with van der Waals surface area (Å²) in [6.45, 7) is 12.0. The smallest absolute Gasteiger partial charge is 0.337 e. The van der Waals surface area contributed by atoms with Gasteiger partial charge in [0.2, 0.25) is 11.4 Å². The molecule has 0 aliphatic carbocycles. The van der Waals surface area contributed by atoms with E-state index < -0.39 is 37.9 Å². The molecule has 1 heterocycles. The molecule has 3 atom stereocenters. The van der Waals surface area contributed by atoms with Crippen molar-refractivity contribution in [2.75, 3.05) is 13.7 Å². The van der Waals surface area contributed by atoms with Gasteiger partial charge in [-0.2, -0.15) is 5.26 Å². The second-order valence-electron chi connectivity index (χ2n) is 12.3. The Morgan fingerprint density at radius 3 is 2.13 bits per heavy atom. The number of allylic oxidation sites excluding steroid dienone is 7. The number of aliphatic hydroxyl groups excluding tert-OH is 1. The topological polar surface area (TPSA) is 109 Å². The van der Waals surface area contributed by atoms with Crippen LogP contribution in [0.1, 0.15) is 48.0 Å². The first-order chi connectivity index (χ1) is 21.9. The number of aliphatic hydroxyl groups is 1. The Kier molecular flexibility index (Phi) is 12.6. The van der Waals surface area contributed by atoms with Crippen LogP contribution in [0.3, 0.4) is 0 Å². The largest absolute Gasteiger partial charge is 0.465 e. The lowest BCUT2D eigenvalue weighted by molar-refractivity contribution is -0.135. The molecule has 1 aliphatic heterocycles. The highest BCUT2D eigenvalue weighted by Crippen LogP contribution is 2.42. The van der Waals surface area contributed by atoms with Gasteiger partial charge in [0, 0.05) is 6.61 Å². The van der Waals surface area contributed by atoms with Crippen LogP contribution < -0.4 is 10.4 Å². The molecule has 0 saturated carbocycles. The summed E-state index contributed by atoms with van der Waals surface area (Å²) in [6, 6.07) is 22.5. The fourth-order valence-electron chi connectivity index (χ4n) is 5.60. The number of esters is 1. The molecule has 8 heteroatoms. The molecular formula is C38H45NO6Si. The van der Waals surface area contributed by atoms with E-state index in [1.165, 1.54) is 7.11 Å². The van der Waals surface area contributed by atoms with Crippen molar-refractivity contribution in [2.45, 2.75) is 70.8 Å². The lowest BCUT2D eigenvalue weighted by atomic mass is 9.92. The molecule has 0 bridgehead atoms. The number of benzene rings is 2. The van der Waals surface area contributed by atoms with Crippen LogP contribution in [0.5, 0.6) is 0 Å².